The molecule has 1 N–H and O–H groups in total. The first-order valence-electron chi connectivity index (χ1n) is 11.4. The number of aromatic nitrogens is 2. The summed E-state index contributed by atoms with van der Waals surface area (Å²) in [6.07, 6.45) is 2.61. The minimum Gasteiger partial charge on any atom is -0.497 e. The lowest BCUT2D eigenvalue weighted by molar-refractivity contribution is 0.102. The molecule has 2 aromatic heterocycles. The molecule has 0 aliphatic heterocycles. The third kappa shape index (κ3) is 5.01. The van der Waals surface area contributed by atoms with Crippen molar-refractivity contribution in [2.45, 2.75) is 19.9 Å². The topological polar surface area (TPSA) is 77.3 Å². The molecule has 4 aromatic rings. The minimum absolute atomic E-state index is 0.227. The number of aryl methyl sites for hydroxylation is 1. The number of imidazole rings is 1. The van der Waals surface area contributed by atoms with Crippen molar-refractivity contribution >= 4 is 23.1 Å². The van der Waals surface area contributed by atoms with Crippen LogP contribution in [0.15, 0.2) is 60.8 Å². The van der Waals surface area contributed by atoms with Gasteiger partial charge in [-0.05, 0) is 48.4 Å². The summed E-state index contributed by atoms with van der Waals surface area (Å²) in [6.45, 7) is 2.77. The quantitative estimate of drug-likeness (QED) is 0.375. The third-order valence-corrected chi connectivity index (χ3v) is 5.84. The molecule has 0 aliphatic rings. The SMILES string of the molecule is CCc1nc2ccc(C(=O)Nc3ccc(OC)c(OC)c3)cn2c1N(C)Cc1ccc(OC)cc1. The monoisotopic (exact) mass is 474 g/mol. The number of carbonyl (C=O) groups is 1. The van der Waals surface area contributed by atoms with Gasteiger partial charge in [0.1, 0.15) is 17.2 Å². The number of pyridine rings is 1. The van der Waals surface area contributed by atoms with E-state index < -0.39 is 0 Å². The Morgan fingerprint density at radius 1 is 0.971 bits per heavy atom. The summed E-state index contributed by atoms with van der Waals surface area (Å²) >= 11 is 0. The fourth-order valence-corrected chi connectivity index (χ4v) is 4.05. The lowest BCUT2D eigenvalue weighted by Gasteiger charge is -2.20. The lowest BCUT2D eigenvalue weighted by atomic mass is 10.2. The predicted octanol–water partition coefficient (Wildman–Crippen LogP) is 4.81. The molecule has 0 saturated carbocycles. The summed E-state index contributed by atoms with van der Waals surface area (Å²) in [4.78, 5) is 20.0. The normalized spacial score (nSPS) is 10.8. The van der Waals surface area contributed by atoms with Crippen molar-refractivity contribution in [3.63, 3.8) is 0 Å². The van der Waals surface area contributed by atoms with Gasteiger partial charge in [-0.1, -0.05) is 19.1 Å². The molecule has 35 heavy (non-hydrogen) atoms. The van der Waals surface area contributed by atoms with Crippen molar-refractivity contribution in [1.29, 1.82) is 0 Å². The molecule has 0 spiro atoms. The van der Waals surface area contributed by atoms with E-state index in [9.17, 15) is 4.79 Å². The molecule has 8 heteroatoms. The minimum atomic E-state index is -0.227. The molecule has 1 amide bonds. The summed E-state index contributed by atoms with van der Waals surface area (Å²) in [5, 5.41) is 2.94. The summed E-state index contributed by atoms with van der Waals surface area (Å²) < 4.78 is 17.9. The van der Waals surface area contributed by atoms with Crippen LogP contribution >= 0.6 is 0 Å². The van der Waals surface area contributed by atoms with Gasteiger partial charge < -0.3 is 24.4 Å². The highest BCUT2D eigenvalue weighted by atomic mass is 16.5. The van der Waals surface area contributed by atoms with Crippen LogP contribution in [0.4, 0.5) is 11.5 Å². The molecular formula is C27H30N4O4. The molecule has 2 heterocycles. The number of benzene rings is 2. The maximum Gasteiger partial charge on any atom is 0.257 e. The molecule has 4 rings (SSSR count). The summed E-state index contributed by atoms with van der Waals surface area (Å²) in [5.41, 5.74) is 4.04. The van der Waals surface area contributed by atoms with E-state index >= 15 is 0 Å². The Morgan fingerprint density at radius 2 is 1.71 bits per heavy atom. The van der Waals surface area contributed by atoms with E-state index in [0.29, 0.717) is 29.3 Å². The third-order valence-electron chi connectivity index (χ3n) is 5.84. The zero-order valence-corrected chi connectivity index (χ0v) is 20.7. The van der Waals surface area contributed by atoms with Gasteiger partial charge >= 0.3 is 0 Å². The van der Waals surface area contributed by atoms with Gasteiger partial charge in [0.2, 0.25) is 0 Å². The van der Waals surface area contributed by atoms with Gasteiger partial charge in [0.15, 0.2) is 11.5 Å². The van der Waals surface area contributed by atoms with Crippen LogP contribution in [0.1, 0.15) is 28.5 Å². The number of methoxy groups -OCH3 is 3. The largest absolute Gasteiger partial charge is 0.497 e. The van der Waals surface area contributed by atoms with Gasteiger partial charge in [-0.15, -0.1) is 0 Å². The van der Waals surface area contributed by atoms with Gasteiger partial charge in [0.25, 0.3) is 5.91 Å². The fourth-order valence-electron chi connectivity index (χ4n) is 4.05. The fraction of sp³-hybridized carbons (Fsp3) is 0.259. The van der Waals surface area contributed by atoms with Crippen molar-refractivity contribution < 1.29 is 19.0 Å². The smallest absolute Gasteiger partial charge is 0.257 e. The number of hydrogen-bond donors (Lipinski definition) is 1. The number of ether oxygens (including phenoxy) is 3. The standard InChI is InChI=1S/C27H30N4O4/c1-6-22-27(30(2)16-18-7-11-21(33-3)12-8-18)31-17-19(9-14-25(31)29-22)26(32)28-20-10-13-23(34-4)24(15-20)35-5/h7-15,17H,6,16H2,1-5H3,(H,28,32). The maximum atomic E-state index is 13.1. The first kappa shape index (κ1) is 23.9. The van der Waals surface area contributed by atoms with Crippen LogP contribution < -0.4 is 24.4 Å². The average molecular weight is 475 g/mol. The molecular weight excluding hydrogens is 444 g/mol. The maximum absolute atomic E-state index is 13.1. The first-order valence-corrected chi connectivity index (χ1v) is 11.4. The van der Waals surface area contributed by atoms with Crippen molar-refractivity contribution in [3.05, 3.63) is 77.6 Å². The van der Waals surface area contributed by atoms with Crippen LogP contribution in [-0.4, -0.2) is 43.7 Å². The van der Waals surface area contributed by atoms with Crippen molar-refractivity contribution in [1.82, 2.24) is 9.38 Å². The van der Waals surface area contributed by atoms with Gasteiger partial charge in [-0.2, -0.15) is 0 Å². The average Bonchev–Trinajstić information content (AvgIpc) is 3.27. The Hall–Kier alpha value is -4.20. The van der Waals surface area contributed by atoms with Gasteiger partial charge in [-0.25, -0.2) is 4.98 Å². The Morgan fingerprint density at radius 3 is 2.37 bits per heavy atom. The number of hydrogen-bond acceptors (Lipinski definition) is 6. The van der Waals surface area contributed by atoms with Crippen LogP contribution in [0.2, 0.25) is 0 Å². The van der Waals surface area contributed by atoms with Crippen LogP contribution in [0.25, 0.3) is 5.65 Å². The number of nitrogens with zero attached hydrogens (tertiary/aromatic N) is 3. The second kappa shape index (κ2) is 10.4. The summed E-state index contributed by atoms with van der Waals surface area (Å²) in [5.74, 6) is 2.70. The highest BCUT2D eigenvalue weighted by Gasteiger charge is 2.18. The van der Waals surface area contributed by atoms with Crippen LogP contribution in [0.3, 0.4) is 0 Å². The molecule has 0 atom stereocenters. The van der Waals surface area contributed by atoms with Crippen molar-refractivity contribution in [2.24, 2.45) is 0 Å². The zero-order chi connectivity index (χ0) is 24.9. The highest BCUT2D eigenvalue weighted by molar-refractivity contribution is 6.04. The molecule has 2 aromatic carbocycles. The molecule has 8 nitrogen and oxygen atoms in total. The number of carbonyl (C=O) groups excluding carboxylic acids is 1. The van der Waals surface area contributed by atoms with E-state index in [1.165, 1.54) is 0 Å². The molecule has 182 valence electrons. The lowest BCUT2D eigenvalue weighted by Crippen LogP contribution is -2.20. The van der Waals surface area contributed by atoms with Crippen molar-refractivity contribution in [3.8, 4) is 17.2 Å². The second-order valence-electron chi connectivity index (χ2n) is 8.11. The predicted molar refractivity (Wildman–Crippen MR) is 137 cm³/mol. The number of rotatable bonds is 9. The molecule has 0 unspecified atom stereocenters. The molecule has 0 radical (unpaired) electrons. The van der Waals surface area contributed by atoms with E-state index in [1.54, 1.807) is 45.6 Å². The van der Waals surface area contributed by atoms with Crippen LogP contribution in [0, 0.1) is 0 Å². The highest BCUT2D eigenvalue weighted by Crippen LogP contribution is 2.30. The number of amides is 1. The number of fused-ring (bicyclic) bond motifs is 1. The zero-order valence-electron chi connectivity index (χ0n) is 20.7. The molecule has 0 saturated heterocycles. The van der Waals surface area contributed by atoms with E-state index in [1.807, 2.05) is 48.0 Å². The Bertz CT molecular complexity index is 1330. The summed E-state index contributed by atoms with van der Waals surface area (Å²) in [7, 11) is 6.82. The van der Waals surface area contributed by atoms with Gasteiger partial charge in [-0.3, -0.25) is 9.20 Å². The van der Waals surface area contributed by atoms with E-state index in [4.69, 9.17) is 19.2 Å². The van der Waals surface area contributed by atoms with E-state index in [-0.39, 0.29) is 5.91 Å². The first-order chi connectivity index (χ1) is 17.0. The van der Waals surface area contributed by atoms with Gasteiger partial charge in [0, 0.05) is 31.5 Å². The number of anilines is 2. The van der Waals surface area contributed by atoms with Gasteiger partial charge in [0.05, 0.1) is 32.6 Å². The Balaban J connectivity index is 1.62. The Kier molecular flexibility index (Phi) is 7.10. The second-order valence-corrected chi connectivity index (χ2v) is 8.11. The molecule has 0 bridgehead atoms. The van der Waals surface area contributed by atoms with E-state index in [2.05, 4.69) is 17.1 Å². The van der Waals surface area contributed by atoms with Crippen LogP contribution in [0.5, 0.6) is 17.2 Å². The van der Waals surface area contributed by atoms with Crippen LogP contribution in [-0.2, 0) is 13.0 Å². The van der Waals surface area contributed by atoms with E-state index in [0.717, 1.165) is 34.9 Å². The molecule has 0 aliphatic carbocycles. The summed E-state index contributed by atoms with van der Waals surface area (Å²) in [6, 6.07) is 16.9. The Labute approximate surface area is 205 Å². The van der Waals surface area contributed by atoms with Crippen molar-refractivity contribution in [2.75, 3.05) is 38.6 Å². The molecule has 0 fully saturated rings. The number of nitrogens with one attached hydrogen (secondary N) is 1.